The predicted molar refractivity (Wildman–Crippen MR) is 92.9 cm³/mol. The van der Waals surface area contributed by atoms with Crippen LogP contribution < -0.4 is 0 Å². The first-order chi connectivity index (χ1) is 12.6. The number of H-pyrrole nitrogens is 1. The van der Waals surface area contributed by atoms with E-state index in [0.717, 1.165) is 31.2 Å². The van der Waals surface area contributed by atoms with Gasteiger partial charge in [0, 0.05) is 6.54 Å². The molecular formula is C17H24N6O3. The molecule has 0 aromatic carbocycles. The smallest absolute Gasteiger partial charge is 0.233 e. The molecule has 0 saturated carbocycles. The van der Waals surface area contributed by atoms with Crippen LogP contribution in [0, 0.1) is 5.92 Å². The largest absolute Gasteiger partial charge is 0.338 e. The molecular weight excluding hydrogens is 336 g/mol. The van der Waals surface area contributed by atoms with Gasteiger partial charge in [0.25, 0.3) is 0 Å². The topological polar surface area (TPSA) is 115 Å². The minimum Gasteiger partial charge on any atom is -0.338 e. The van der Waals surface area contributed by atoms with E-state index in [4.69, 9.17) is 0 Å². The third-order valence-electron chi connectivity index (χ3n) is 4.82. The molecule has 2 aromatic rings. The highest BCUT2D eigenvalue weighted by atomic mass is 16.5. The normalized spacial score (nSPS) is 18.2. The van der Waals surface area contributed by atoms with E-state index < -0.39 is 5.92 Å². The van der Waals surface area contributed by atoms with Crippen LogP contribution in [0.4, 0.5) is 0 Å². The van der Waals surface area contributed by atoms with E-state index in [0.29, 0.717) is 35.9 Å². The molecule has 9 nitrogen and oxygen atoms in total. The molecule has 2 N–H and O–H groups in total. The summed E-state index contributed by atoms with van der Waals surface area (Å²) in [7, 11) is 0. The molecule has 0 radical (unpaired) electrons. The summed E-state index contributed by atoms with van der Waals surface area (Å²) in [5, 5.41) is 10.1. The van der Waals surface area contributed by atoms with E-state index in [9.17, 15) is 14.8 Å². The van der Waals surface area contributed by atoms with E-state index in [1.165, 1.54) is 6.33 Å². The van der Waals surface area contributed by atoms with Gasteiger partial charge in [-0.1, -0.05) is 19.8 Å². The summed E-state index contributed by atoms with van der Waals surface area (Å²) in [6, 6.07) is -0.149. The Bertz CT molecular complexity index is 731. The average molecular weight is 360 g/mol. The number of imidazole rings is 1. The van der Waals surface area contributed by atoms with Crippen LogP contribution >= 0.6 is 0 Å². The Kier molecular flexibility index (Phi) is 5.77. The number of nitrogens with one attached hydrogen (secondary N) is 1. The Labute approximate surface area is 151 Å². The number of fused-ring (bicyclic) bond motifs is 1. The van der Waals surface area contributed by atoms with Gasteiger partial charge in [0.2, 0.25) is 12.3 Å². The fourth-order valence-corrected chi connectivity index (χ4v) is 3.50. The molecule has 2 aromatic heterocycles. The Balaban J connectivity index is 1.80. The maximum atomic E-state index is 13.1. The van der Waals surface area contributed by atoms with Crippen LogP contribution in [0.15, 0.2) is 12.5 Å². The first kappa shape index (κ1) is 18.2. The van der Waals surface area contributed by atoms with Gasteiger partial charge >= 0.3 is 0 Å². The van der Waals surface area contributed by atoms with Crippen LogP contribution in [0.2, 0.25) is 0 Å². The fraction of sp³-hybridized carbons (Fsp3) is 0.588. The average Bonchev–Trinajstić information content (AvgIpc) is 3.30. The molecule has 0 aliphatic carbocycles. The summed E-state index contributed by atoms with van der Waals surface area (Å²) in [5.74, 6) is 0.236. The van der Waals surface area contributed by atoms with Gasteiger partial charge < -0.3 is 9.88 Å². The molecule has 1 aliphatic rings. The Morgan fingerprint density at radius 3 is 3.15 bits per heavy atom. The van der Waals surface area contributed by atoms with Crippen LogP contribution in [0.25, 0.3) is 11.2 Å². The maximum Gasteiger partial charge on any atom is 0.233 e. The first-order valence-corrected chi connectivity index (χ1v) is 9.01. The highest BCUT2D eigenvalue weighted by molar-refractivity contribution is 5.80. The van der Waals surface area contributed by atoms with Gasteiger partial charge in [0.15, 0.2) is 5.65 Å². The number of hydrogen-bond acceptors (Lipinski definition) is 6. The van der Waals surface area contributed by atoms with Crippen molar-refractivity contribution >= 4 is 23.5 Å². The number of carbonyl (C=O) groups excluding carboxylic acids is 2. The van der Waals surface area contributed by atoms with Crippen molar-refractivity contribution in [1.82, 2.24) is 29.9 Å². The highest BCUT2D eigenvalue weighted by Gasteiger charge is 2.36. The van der Waals surface area contributed by atoms with Crippen LogP contribution in [0.5, 0.6) is 0 Å². The summed E-state index contributed by atoms with van der Waals surface area (Å²) in [6.45, 7) is 2.70. The summed E-state index contributed by atoms with van der Waals surface area (Å²) in [4.78, 5) is 41.5. The number of likely N-dealkylation sites (tertiary alicyclic amines) is 1. The number of nitrogens with zero attached hydrogens (tertiary/aromatic N) is 5. The third kappa shape index (κ3) is 3.82. The highest BCUT2D eigenvalue weighted by Crippen LogP contribution is 2.33. The van der Waals surface area contributed by atoms with Gasteiger partial charge in [-0.25, -0.2) is 20.0 Å². The minimum atomic E-state index is -0.421. The Morgan fingerprint density at radius 1 is 1.58 bits per heavy atom. The molecule has 2 unspecified atom stereocenters. The number of aromatic amines is 1. The van der Waals surface area contributed by atoms with Crippen molar-refractivity contribution in [2.24, 2.45) is 5.92 Å². The number of hydroxylamine groups is 2. The lowest BCUT2D eigenvalue weighted by atomic mass is 9.99. The standard InChI is InChI=1S/C17H24N6O3/c1-2-3-5-12(9-22(26)11-24)17(25)23-7-4-6-14(23)16-20-13-8-18-10-19-15(13)21-16/h8,10-12,14,26H,2-7,9H2,1H3,(H,18,19,20,21). The lowest BCUT2D eigenvalue weighted by Crippen LogP contribution is -2.40. The van der Waals surface area contributed by atoms with Gasteiger partial charge in [0.1, 0.15) is 17.7 Å². The maximum absolute atomic E-state index is 13.1. The minimum absolute atomic E-state index is 0.0111. The molecule has 0 bridgehead atoms. The SMILES string of the molecule is CCCCC(CN(O)C=O)C(=O)N1CCCC1c1nc2ncncc2[nH]1. The van der Waals surface area contributed by atoms with Crippen LogP contribution in [-0.2, 0) is 9.59 Å². The number of carbonyl (C=O) groups is 2. The lowest BCUT2D eigenvalue weighted by Gasteiger charge is -2.28. The van der Waals surface area contributed by atoms with Gasteiger partial charge in [-0.05, 0) is 19.3 Å². The Hall–Kier alpha value is -2.55. The quantitative estimate of drug-likeness (QED) is 0.420. The summed E-state index contributed by atoms with van der Waals surface area (Å²) < 4.78 is 0. The molecule has 1 fully saturated rings. The van der Waals surface area contributed by atoms with Gasteiger partial charge in [0.05, 0.1) is 24.7 Å². The van der Waals surface area contributed by atoms with Crippen LogP contribution in [-0.4, -0.2) is 60.5 Å². The molecule has 3 heterocycles. The molecule has 26 heavy (non-hydrogen) atoms. The molecule has 9 heteroatoms. The third-order valence-corrected chi connectivity index (χ3v) is 4.82. The molecule has 2 atom stereocenters. The molecule has 140 valence electrons. The summed E-state index contributed by atoms with van der Waals surface area (Å²) >= 11 is 0. The lowest BCUT2D eigenvalue weighted by molar-refractivity contribution is -0.157. The first-order valence-electron chi connectivity index (χ1n) is 9.01. The molecule has 1 aliphatic heterocycles. The molecule has 3 rings (SSSR count). The predicted octanol–water partition coefficient (Wildman–Crippen LogP) is 1.67. The van der Waals surface area contributed by atoms with Crippen molar-refractivity contribution < 1.29 is 14.8 Å². The van der Waals surface area contributed by atoms with Crippen LogP contribution in [0.1, 0.15) is 50.9 Å². The van der Waals surface area contributed by atoms with E-state index >= 15 is 0 Å². The molecule has 2 amide bonds. The number of unbranched alkanes of at least 4 members (excludes halogenated alkanes) is 1. The summed E-state index contributed by atoms with van der Waals surface area (Å²) in [5.41, 5.74) is 1.33. The number of hydrogen-bond donors (Lipinski definition) is 2. The van der Waals surface area contributed by atoms with E-state index in [1.54, 1.807) is 6.20 Å². The van der Waals surface area contributed by atoms with Crippen molar-refractivity contribution in [3.8, 4) is 0 Å². The van der Waals surface area contributed by atoms with Crippen molar-refractivity contribution in [3.05, 3.63) is 18.3 Å². The number of aromatic nitrogens is 4. The van der Waals surface area contributed by atoms with E-state index in [2.05, 4.69) is 19.9 Å². The number of rotatable bonds is 8. The van der Waals surface area contributed by atoms with Crippen molar-refractivity contribution in [2.45, 2.75) is 45.1 Å². The van der Waals surface area contributed by atoms with Gasteiger partial charge in [-0.2, -0.15) is 0 Å². The second-order valence-corrected chi connectivity index (χ2v) is 6.64. The number of amides is 2. The second kappa shape index (κ2) is 8.22. The van der Waals surface area contributed by atoms with E-state index in [1.807, 2.05) is 11.8 Å². The van der Waals surface area contributed by atoms with Crippen molar-refractivity contribution in [2.75, 3.05) is 13.1 Å². The van der Waals surface area contributed by atoms with Crippen molar-refractivity contribution in [1.29, 1.82) is 0 Å². The van der Waals surface area contributed by atoms with Crippen molar-refractivity contribution in [3.63, 3.8) is 0 Å². The zero-order valence-electron chi connectivity index (χ0n) is 14.8. The summed E-state index contributed by atoms with van der Waals surface area (Å²) in [6.07, 6.45) is 7.59. The van der Waals surface area contributed by atoms with Crippen LogP contribution in [0.3, 0.4) is 0 Å². The van der Waals surface area contributed by atoms with Gasteiger partial charge in [-0.3, -0.25) is 14.8 Å². The molecule has 1 saturated heterocycles. The second-order valence-electron chi connectivity index (χ2n) is 6.64. The zero-order chi connectivity index (χ0) is 18.5. The molecule has 0 spiro atoms. The van der Waals surface area contributed by atoms with E-state index in [-0.39, 0.29) is 18.5 Å². The Morgan fingerprint density at radius 2 is 2.42 bits per heavy atom. The fourth-order valence-electron chi connectivity index (χ4n) is 3.50. The van der Waals surface area contributed by atoms with Gasteiger partial charge in [-0.15, -0.1) is 0 Å². The zero-order valence-corrected chi connectivity index (χ0v) is 14.8. The monoisotopic (exact) mass is 360 g/mol.